The summed E-state index contributed by atoms with van der Waals surface area (Å²) in [5.74, 6) is -1.36. The Morgan fingerprint density at radius 3 is 2.33 bits per heavy atom. The van der Waals surface area contributed by atoms with Crippen molar-refractivity contribution < 1.29 is 14.0 Å². The van der Waals surface area contributed by atoms with Crippen LogP contribution in [-0.2, 0) is 9.59 Å². The maximum absolute atomic E-state index is 12.6. The lowest BCUT2D eigenvalue weighted by molar-refractivity contribution is -0.136. The fraction of sp³-hybridized carbons (Fsp3) is 0.385. The molecule has 0 aliphatic heterocycles. The highest BCUT2D eigenvalue weighted by atomic mass is 19.1. The number of amides is 2. The Labute approximate surface area is 106 Å². The second-order valence-electron chi connectivity index (χ2n) is 4.40. The van der Waals surface area contributed by atoms with E-state index in [9.17, 15) is 14.0 Å². The zero-order valence-corrected chi connectivity index (χ0v) is 10.5. The third-order valence-electron chi connectivity index (χ3n) is 2.32. The molecule has 2 N–H and O–H groups in total. The van der Waals surface area contributed by atoms with E-state index < -0.39 is 17.6 Å². The second-order valence-corrected chi connectivity index (χ2v) is 4.40. The average Bonchev–Trinajstić information content (AvgIpc) is 2.31. The molecule has 0 heterocycles. The molecule has 0 saturated heterocycles. The smallest absolute Gasteiger partial charge is 0.313 e. The van der Waals surface area contributed by atoms with E-state index in [4.69, 9.17) is 0 Å². The molecule has 0 fully saturated rings. The van der Waals surface area contributed by atoms with E-state index >= 15 is 0 Å². The van der Waals surface area contributed by atoms with Crippen molar-refractivity contribution in [2.45, 2.75) is 20.3 Å². The Morgan fingerprint density at radius 1 is 1.17 bits per heavy atom. The molecule has 4 nitrogen and oxygen atoms in total. The van der Waals surface area contributed by atoms with Crippen LogP contribution in [0.1, 0.15) is 20.3 Å². The van der Waals surface area contributed by atoms with Gasteiger partial charge in [0.05, 0.1) is 0 Å². The molecule has 0 aliphatic carbocycles. The number of hydrogen-bond acceptors (Lipinski definition) is 2. The highest BCUT2D eigenvalue weighted by molar-refractivity contribution is 6.39. The van der Waals surface area contributed by atoms with Crippen LogP contribution < -0.4 is 10.6 Å². The molecule has 98 valence electrons. The number of hydrogen-bond donors (Lipinski definition) is 2. The van der Waals surface area contributed by atoms with Gasteiger partial charge in [0.15, 0.2) is 0 Å². The van der Waals surface area contributed by atoms with Crippen LogP contribution in [0.3, 0.4) is 0 Å². The van der Waals surface area contributed by atoms with E-state index in [0.29, 0.717) is 18.2 Å². The van der Waals surface area contributed by atoms with Crippen molar-refractivity contribution in [2.75, 3.05) is 11.9 Å². The minimum absolute atomic E-state index is 0.389. The lowest BCUT2D eigenvalue weighted by Gasteiger charge is -2.07. The van der Waals surface area contributed by atoms with Crippen LogP contribution >= 0.6 is 0 Å². The fourth-order valence-electron chi connectivity index (χ4n) is 1.28. The third kappa shape index (κ3) is 4.95. The van der Waals surface area contributed by atoms with Crippen molar-refractivity contribution in [3.8, 4) is 0 Å². The summed E-state index contributed by atoms with van der Waals surface area (Å²) in [5.41, 5.74) is 0.389. The molecule has 1 aromatic carbocycles. The number of nitrogens with one attached hydrogen (secondary N) is 2. The van der Waals surface area contributed by atoms with Gasteiger partial charge in [0.25, 0.3) is 0 Å². The van der Waals surface area contributed by atoms with Crippen molar-refractivity contribution in [1.29, 1.82) is 0 Å². The van der Waals surface area contributed by atoms with Gasteiger partial charge in [-0.25, -0.2) is 4.39 Å². The first-order valence-electron chi connectivity index (χ1n) is 5.84. The molecule has 0 aliphatic rings. The Bertz CT molecular complexity index is 416. The number of anilines is 1. The quantitative estimate of drug-likeness (QED) is 0.804. The summed E-state index contributed by atoms with van der Waals surface area (Å²) in [6, 6.07) is 5.22. The second kappa shape index (κ2) is 6.74. The molecule has 0 unspecified atom stereocenters. The van der Waals surface area contributed by atoms with Crippen molar-refractivity contribution in [3.63, 3.8) is 0 Å². The van der Waals surface area contributed by atoms with Crippen molar-refractivity contribution in [3.05, 3.63) is 30.1 Å². The Hall–Kier alpha value is -1.91. The molecule has 2 amide bonds. The van der Waals surface area contributed by atoms with Gasteiger partial charge in [0.1, 0.15) is 5.82 Å². The van der Waals surface area contributed by atoms with E-state index in [1.165, 1.54) is 24.3 Å². The lowest BCUT2D eigenvalue weighted by atomic mass is 10.1. The van der Waals surface area contributed by atoms with Crippen LogP contribution in [0, 0.1) is 11.7 Å². The number of benzene rings is 1. The summed E-state index contributed by atoms with van der Waals surface area (Å²) in [6.07, 6.45) is 0.815. The first-order valence-corrected chi connectivity index (χ1v) is 5.84. The lowest BCUT2D eigenvalue weighted by Crippen LogP contribution is -2.36. The third-order valence-corrected chi connectivity index (χ3v) is 2.32. The standard InChI is InChI=1S/C13H17FN2O2/c1-9(2)7-8-15-12(17)13(18)16-11-5-3-10(14)4-6-11/h3-6,9H,7-8H2,1-2H3,(H,15,17)(H,16,18). The predicted molar refractivity (Wildman–Crippen MR) is 67.5 cm³/mol. The molecular formula is C13H17FN2O2. The molecule has 18 heavy (non-hydrogen) atoms. The average molecular weight is 252 g/mol. The first-order chi connectivity index (χ1) is 8.49. The van der Waals surface area contributed by atoms with Crippen LogP contribution in [-0.4, -0.2) is 18.4 Å². The van der Waals surface area contributed by atoms with Gasteiger partial charge in [0.2, 0.25) is 0 Å². The van der Waals surface area contributed by atoms with Gasteiger partial charge in [-0.1, -0.05) is 13.8 Å². The zero-order valence-electron chi connectivity index (χ0n) is 10.5. The van der Waals surface area contributed by atoms with E-state index in [-0.39, 0.29) is 0 Å². The van der Waals surface area contributed by atoms with Crippen LogP contribution in [0.4, 0.5) is 10.1 Å². The topological polar surface area (TPSA) is 58.2 Å². The van der Waals surface area contributed by atoms with E-state index in [1.807, 2.05) is 13.8 Å². The molecule has 1 rings (SSSR count). The van der Waals surface area contributed by atoms with Gasteiger partial charge in [0, 0.05) is 12.2 Å². The Balaban J connectivity index is 2.40. The highest BCUT2D eigenvalue weighted by Gasteiger charge is 2.12. The van der Waals surface area contributed by atoms with E-state index in [1.54, 1.807) is 0 Å². The van der Waals surface area contributed by atoms with Gasteiger partial charge in [-0.2, -0.15) is 0 Å². The largest absolute Gasteiger partial charge is 0.348 e. The van der Waals surface area contributed by atoms with Gasteiger partial charge in [-0.05, 0) is 36.6 Å². The van der Waals surface area contributed by atoms with Gasteiger partial charge < -0.3 is 10.6 Å². The number of halogens is 1. The molecule has 0 atom stereocenters. The molecule has 5 heteroatoms. The summed E-state index contributed by atoms with van der Waals surface area (Å²) in [6.45, 7) is 4.53. The number of carbonyl (C=O) groups excluding carboxylic acids is 2. The molecule has 0 radical (unpaired) electrons. The van der Waals surface area contributed by atoms with Crippen LogP contribution in [0.15, 0.2) is 24.3 Å². The molecule has 1 aromatic rings. The zero-order chi connectivity index (χ0) is 13.5. The summed E-state index contributed by atoms with van der Waals surface area (Å²) >= 11 is 0. The minimum Gasteiger partial charge on any atom is -0.348 e. The molecule has 0 bridgehead atoms. The van der Waals surface area contributed by atoms with Crippen LogP contribution in [0.2, 0.25) is 0 Å². The predicted octanol–water partition coefficient (Wildman–Crippen LogP) is 1.93. The summed E-state index contributed by atoms with van der Waals surface area (Å²) in [4.78, 5) is 22.9. The molecular weight excluding hydrogens is 235 g/mol. The van der Waals surface area contributed by atoms with E-state index in [2.05, 4.69) is 10.6 Å². The Morgan fingerprint density at radius 2 is 1.78 bits per heavy atom. The van der Waals surface area contributed by atoms with Crippen molar-refractivity contribution in [2.24, 2.45) is 5.92 Å². The maximum Gasteiger partial charge on any atom is 0.313 e. The minimum atomic E-state index is -0.745. The first kappa shape index (κ1) is 14.2. The Kier molecular flexibility index (Phi) is 5.30. The maximum atomic E-state index is 12.6. The number of rotatable bonds is 4. The molecule has 0 spiro atoms. The fourth-order valence-corrected chi connectivity index (χ4v) is 1.28. The van der Waals surface area contributed by atoms with Crippen molar-refractivity contribution >= 4 is 17.5 Å². The van der Waals surface area contributed by atoms with E-state index in [0.717, 1.165) is 6.42 Å². The van der Waals surface area contributed by atoms with Gasteiger partial charge >= 0.3 is 11.8 Å². The molecule has 0 aromatic heterocycles. The summed E-state index contributed by atoms with van der Waals surface area (Å²) in [5, 5.41) is 4.91. The normalized spacial score (nSPS) is 10.2. The SMILES string of the molecule is CC(C)CCNC(=O)C(=O)Nc1ccc(F)cc1. The summed E-state index contributed by atoms with van der Waals surface area (Å²) < 4.78 is 12.6. The molecule has 0 saturated carbocycles. The monoisotopic (exact) mass is 252 g/mol. The van der Waals surface area contributed by atoms with Gasteiger partial charge in [-0.15, -0.1) is 0 Å². The summed E-state index contributed by atoms with van der Waals surface area (Å²) in [7, 11) is 0. The highest BCUT2D eigenvalue weighted by Crippen LogP contribution is 2.07. The van der Waals surface area contributed by atoms with Crippen molar-refractivity contribution in [1.82, 2.24) is 5.32 Å². The van der Waals surface area contributed by atoms with Crippen LogP contribution in [0.5, 0.6) is 0 Å². The number of carbonyl (C=O) groups is 2. The van der Waals surface area contributed by atoms with Gasteiger partial charge in [-0.3, -0.25) is 9.59 Å². The van der Waals surface area contributed by atoms with Crippen LogP contribution in [0.25, 0.3) is 0 Å².